The van der Waals surface area contributed by atoms with Gasteiger partial charge >= 0.3 is 0 Å². The Morgan fingerprint density at radius 3 is 2.33 bits per heavy atom. The molecule has 0 unspecified atom stereocenters. The minimum atomic E-state index is -0.604. The third-order valence-corrected chi connectivity index (χ3v) is 10.3. The predicted octanol–water partition coefficient (Wildman–Crippen LogP) is 7.92. The number of hydrogen-bond acceptors (Lipinski definition) is 7. The molecule has 2 aliphatic rings. The molecule has 9 heteroatoms. The van der Waals surface area contributed by atoms with Crippen LogP contribution in [0, 0.1) is 17.6 Å². The monoisotopic (exact) mass is 661 g/mol. The first-order valence-electron chi connectivity index (χ1n) is 17.7. The Hall–Kier alpha value is -3.53. The van der Waals surface area contributed by atoms with Crippen molar-refractivity contribution in [3.05, 3.63) is 89.1 Å². The fourth-order valence-electron chi connectivity index (χ4n) is 7.41. The van der Waals surface area contributed by atoms with Gasteiger partial charge in [0.15, 0.2) is 17.1 Å². The van der Waals surface area contributed by atoms with E-state index >= 15 is 0 Å². The summed E-state index contributed by atoms with van der Waals surface area (Å²) in [6.45, 7) is 6.60. The summed E-state index contributed by atoms with van der Waals surface area (Å²) in [5, 5.41) is 16.6. The number of hydrogen-bond donors (Lipinski definition) is 1. The first-order valence-corrected chi connectivity index (χ1v) is 17.7. The molecule has 0 bridgehead atoms. The highest BCUT2D eigenvalue weighted by molar-refractivity contribution is 5.79. The van der Waals surface area contributed by atoms with Crippen molar-refractivity contribution < 1.29 is 27.9 Å². The second kappa shape index (κ2) is 16.7. The number of likely N-dealkylation sites (tertiary alicyclic amines) is 2. The Bertz CT molecular complexity index is 1580. The number of nitrogens with zero attached hydrogens (tertiary/aromatic N) is 3. The number of halogens is 2. The van der Waals surface area contributed by atoms with Crippen LogP contribution in [0.15, 0.2) is 65.2 Å². The fourth-order valence-corrected chi connectivity index (χ4v) is 7.41. The highest BCUT2D eigenvalue weighted by Gasteiger charge is 2.29. The van der Waals surface area contributed by atoms with Crippen LogP contribution in [0.1, 0.15) is 80.2 Å². The molecule has 0 aliphatic carbocycles. The lowest BCUT2D eigenvalue weighted by atomic mass is 9.87. The molecule has 3 heterocycles. The van der Waals surface area contributed by atoms with E-state index in [1.807, 2.05) is 30.3 Å². The van der Waals surface area contributed by atoms with Gasteiger partial charge in [0.2, 0.25) is 0 Å². The van der Waals surface area contributed by atoms with Crippen molar-refractivity contribution >= 4 is 11.0 Å². The van der Waals surface area contributed by atoms with E-state index in [9.17, 15) is 13.9 Å². The first kappa shape index (κ1) is 34.3. The van der Waals surface area contributed by atoms with Gasteiger partial charge in [-0.3, -0.25) is 0 Å². The summed E-state index contributed by atoms with van der Waals surface area (Å²) in [4.78, 5) is 4.96. The van der Waals surface area contributed by atoms with E-state index in [4.69, 9.17) is 14.0 Å². The molecular formula is C39H49F2N3O4. The molecule has 6 rings (SSSR count). The van der Waals surface area contributed by atoms with E-state index in [0.29, 0.717) is 29.6 Å². The Morgan fingerprint density at radius 2 is 1.56 bits per heavy atom. The van der Waals surface area contributed by atoms with Gasteiger partial charge in [0.1, 0.15) is 11.6 Å². The first-order chi connectivity index (χ1) is 23.5. The van der Waals surface area contributed by atoms with E-state index < -0.39 is 6.10 Å². The average molecular weight is 662 g/mol. The summed E-state index contributed by atoms with van der Waals surface area (Å²) >= 11 is 0. The van der Waals surface area contributed by atoms with E-state index in [1.165, 1.54) is 24.3 Å². The zero-order valence-corrected chi connectivity index (χ0v) is 28.1. The Kier molecular flexibility index (Phi) is 12.0. The molecule has 0 radical (unpaired) electrons. The molecule has 1 aromatic heterocycles. The Morgan fingerprint density at radius 1 is 0.854 bits per heavy atom. The summed E-state index contributed by atoms with van der Waals surface area (Å²) in [5.74, 6) is 1.36. The van der Waals surface area contributed by atoms with E-state index in [-0.39, 0.29) is 17.6 Å². The lowest BCUT2D eigenvalue weighted by Crippen LogP contribution is -2.36. The van der Waals surface area contributed by atoms with Gasteiger partial charge in [-0.15, -0.1) is 0 Å². The van der Waals surface area contributed by atoms with Gasteiger partial charge in [-0.1, -0.05) is 42.3 Å². The van der Waals surface area contributed by atoms with E-state index in [1.54, 1.807) is 13.2 Å². The lowest BCUT2D eigenvalue weighted by molar-refractivity contribution is 0.0572. The molecule has 258 valence electrons. The molecule has 48 heavy (non-hydrogen) atoms. The smallest absolute Gasteiger partial charge is 0.170 e. The maximum atomic E-state index is 13.5. The zero-order valence-electron chi connectivity index (χ0n) is 28.1. The van der Waals surface area contributed by atoms with Crippen LogP contribution in [0.3, 0.4) is 0 Å². The van der Waals surface area contributed by atoms with Crippen molar-refractivity contribution in [3.8, 4) is 11.5 Å². The molecule has 0 saturated carbocycles. The number of benzene rings is 3. The number of unbranched alkanes of at least 4 members (excludes halogenated alkanes) is 3. The summed E-state index contributed by atoms with van der Waals surface area (Å²) in [5.41, 5.74) is 3.45. The highest BCUT2D eigenvalue weighted by Crippen LogP contribution is 2.40. The fraction of sp³-hybridized carbons (Fsp3) is 0.513. The zero-order chi connectivity index (χ0) is 33.3. The predicted molar refractivity (Wildman–Crippen MR) is 184 cm³/mol. The van der Waals surface area contributed by atoms with Crippen molar-refractivity contribution in [2.75, 3.05) is 53.0 Å². The van der Waals surface area contributed by atoms with Crippen LogP contribution >= 0.6 is 0 Å². The number of fused-ring (bicyclic) bond motifs is 1. The van der Waals surface area contributed by atoms with Crippen LogP contribution in [0.4, 0.5) is 8.78 Å². The maximum absolute atomic E-state index is 13.5. The molecule has 2 saturated heterocycles. The molecule has 4 aromatic rings. The van der Waals surface area contributed by atoms with Crippen LogP contribution in [0.2, 0.25) is 0 Å². The van der Waals surface area contributed by atoms with Crippen LogP contribution in [0.25, 0.3) is 11.0 Å². The normalized spacial score (nSPS) is 17.6. The SMILES string of the molecule is COc1c(OCCCCCCN2CCC(c3noc4cc(F)ccc34)CC2)cccc1[C@H](O)C1CCN(CCc2ccc(F)cc2)CC1. The second-order valence-corrected chi connectivity index (χ2v) is 13.5. The van der Waals surface area contributed by atoms with Gasteiger partial charge in [0.05, 0.1) is 25.5 Å². The van der Waals surface area contributed by atoms with Crippen LogP contribution in [-0.2, 0) is 6.42 Å². The van der Waals surface area contributed by atoms with Crippen molar-refractivity contribution in [1.29, 1.82) is 0 Å². The average Bonchev–Trinajstić information content (AvgIpc) is 3.54. The second-order valence-electron chi connectivity index (χ2n) is 13.5. The number of aliphatic hydroxyl groups excluding tert-OH is 1. The molecule has 2 fully saturated rings. The molecule has 0 spiro atoms. The third-order valence-electron chi connectivity index (χ3n) is 10.3. The van der Waals surface area contributed by atoms with Gasteiger partial charge in [-0.05, 0) is 119 Å². The van der Waals surface area contributed by atoms with Gasteiger partial charge in [0.25, 0.3) is 0 Å². The molecule has 2 aliphatic heterocycles. The number of aromatic nitrogens is 1. The maximum Gasteiger partial charge on any atom is 0.170 e. The molecule has 1 atom stereocenters. The quantitative estimate of drug-likeness (QED) is 0.130. The summed E-state index contributed by atoms with van der Waals surface area (Å²) in [6, 6.07) is 17.3. The summed E-state index contributed by atoms with van der Waals surface area (Å²) in [6.07, 6.45) is 8.59. The topological polar surface area (TPSA) is 71.2 Å². The largest absolute Gasteiger partial charge is 0.492 e. The summed E-state index contributed by atoms with van der Waals surface area (Å²) < 4.78 is 44.0. The number of piperidine rings is 2. The Labute approximate surface area is 282 Å². The molecule has 0 amide bonds. The van der Waals surface area contributed by atoms with Crippen molar-refractivity contribution in [3.63, 3.8) is 0 Å². The van der Waals surface area contributed by atoms with Gasteiger partial charge in [-0.2, -0.15) is 0 Å². The minimum Gasteiger partial charge on any atom is -0.492 e. The molecule has 7 nitrogen and oxygen atoms in total. The minimum absolute atomic E-state index is 0.162. The van der Waals surface area contributed by atoms with Gasteiger partial charge in [0, 0.05) is 29.5 Å². The van der Waals surface area contributed by atoms with Crippen molar-refractivity contribution in [2.45, 2.75) is 69.8 Å². The number of methoxy groups -OCH3 is 1. The van der Waals surface area contributed by atoms with E-state index in [2.05, 4.69) is 15.0 Å². The van der Waals surface area contributed by atoms with E-state index in [0.717, 1.165) is 119 Å². The summed E-state index contributed by atoms with van der Waals surface area (Å²) in [7, 11) is 1.65. The third kappa shape index (κ3) is 8.73. The van der Waals surface area contributed by atoms with Crippen molar-refractivity contribution in [2.24, 2.45) is 5.92 Å². The van der Waals surface area contributed by atoms with Crippen LogP contribution in [-0.4, -0.2) is 73.0 Å². The number of rotatable bonds is 15. The van der Waals surface area contributed by atoms with Crippen LogP contribution < -0.4 is 9.47 Å². The standard InChI is InChI=1S/C39H49F2N3O4/c1-46-39-34(38(45)30-18-24-44(25-19-30)21-15-28-9-11-31(40)12-10-28)7-6-8-35(39)47-26-5-3-2-4-20-43-22-16-29(17-23-43)37-33-14-13-32(41)27-36(33)48-42-37/h6-14,27,29-30,38,45H,2-5,15-26H2,1H3/t38-/m1/s1. The van der Waals surface area contributed by atoms with Gasteiger partial charge < -0.3 is 28.9 Å². The molecule has 1 N–H and O–H groups in total. The Balaban J connectivity index is 0.873. The number of para-hydroxylation sites is 1. The molecule has 3 aromatic carbocycles. The van der Waals surface area contributed by atoms with Gasteiger partial charge in [-0.25, -0.2) is 8.78 Å². The lowest BCUT2D eigenvalue weighted by Gasteiger charge is -2.34. The number of ether oxygens (including phenoxy) is 2. The number of aliphatic hydroxyl groups is 1. The van der Waals surface area contributed by atoms with Crippen LogP contribution in [0.5, 0.6) is 11.5 Å². The molecular weight excluding hydrogens is 612 g/mol. The highest BCUT2D eigenvalue weighted by atomic mass is 19.1. The van der Waals surface area contributed by atoms with Crippen molar-refractivity contribution in [1.82, 2.24) is 15.0 Å².